The Bertz CT molecular complexity index is 789. The summed E-state index contributed by atoms with van der Waals surface area (Å²) in [7, 11) is 0. The average molecular weight is 369 g/mol. The molecule has 0 spiro atoms. The van der Waals surface area contributed by atoms with Crippen LogP contribution in [-0.2, 0) is 20.7 Å². The van der Waals surface area contributed by atoms with E-state index in [1.54, 1.807) is 4.90 Å². The largest absolute Gasteiger partial charge is 0.455 e. The average Bonchev–Trinajstić information content (AvgIpc) is 2.93. The molecule has 0 saturated heterocycles. The maximum Gasteiger partial charge on any atom is 0.312 e. The smallest absolute Gasteiger partial charge is 0.312 e. The monoisotopic (exact) mass is 369 g/mol. The lowest BCUT2D eigenvalue weighted by atomic mass is 9.48. The van der Waals surface area contributed by atoms with Gasteiger partial charge in [0.25, 0.3) is 5.91 Å². The quantitative estimate of drug-likeness (QED) is 0.832. The van der Waals surface area contributed by atoms with Gasteiger partial charge in [0.15, 0.2) is 6.61 Å². The predicted octanol–water partition coefficient (Wildman–Crippen LogP) is 2.84. The fraction of sp³-hybridized carbons (Fsp3) is 0.636. The molecule has 0 radical (unpaired) electrons. The molecule has 4 fully saturated rings. The lowest BCUT2D eigenvalue weighted by Gasteiger charge is -2.58. The lowest BCUT2D eigenvalue weighted by molar-refractivity contribution is -0.196. The minimum atomic E-state index is -0.699. The van der Waals surface area contributed by atoms with Crippen LogP contribution in [0.1, 0.15) is 51.0 Å². The molecular formula is C22H27NO4. The van der Waals surface area contributed by atoms with Gasteiger partial charge < -0.3 is 14.7 Å². The summed E-state index contributed by atoms with van der Waals surface area (Å²) in [4.78, 5) is 27.6. The number of rotatable bonds is 3. The molecule has 4 aliphatic carbocycles. The fourth-order valence-electron chi connectivity index (χ4n) is 6.75. The van der Waals surface area contributed by atoms with Crippen molar-refractivity contribution in [2.24, 2.45) is 17.3 Å². The summed E-state index contributed by atoms with van der Waals surface area (Å²) < 4.78 is 5.57. The molecule has 4 bridgehead atoms. The normalized spacial score (nSPS) is 38.7. The molecule has 1 aromatic rings. The van der Waals surface area contributed by atoms with E-state index in [1.165, 1.54) is 0 Å². The first-order valence-electron chi connectivity index (χ1n) is 10.2. The number of amides is 1. The molecule has 1 aromatic carbocycles. The number of esters is 1. The van der Waals surface area contributed by atoms with Gasteiger partial charge in [0.1, 0.15) is 0 Å². The number of carbonyl (C=O) groups excluding carboxylic acids is 2. The zero-order chi connectivity index (χ0) is 18.8. The van der Waals surface area contributed by atoms with E-state index in [-0.39, 0.29) is 24.5 Å². The number of hydrogen-bond donors (Lipinski definition) is 1. The van der Waals surface area contributed by atoms with Gasteiger partial charge in [-0.3, -0.25) is 9.59 Å². The zero-order valence-corrected chi connectivity index (χ0v) is 15.8. The van der Waals surface area contributed by atoms with E-state index in [0.29, 0.717) is 18.3 Å². The van der Waals surface area contributed by atoms with Crippen molar-refractivity contribution >= 4 is 17.6 Å². The Morgan fingerprint density at radius 1 is 1.19 bits per heavy atom. The molecule has 5 aliphatic rings. The minimum Gasteiger partial charge on any atom is -0.455 e. The van der Waals surface area contributed by atoms with Gasteiger partial charge in [-0.1, -0.05) is 18.2 Å². The molecule has 5 heteroatoms. The van der Waals surface area contributed by atoms with Crippen molar-refractivity contribution < 1.29 is 19.4 Å². The second-order valence-electron chi connectivity index (χ2n) is 9.49. The van der Waals surface area contributed by atoms with Gasteiger partial charge >= 0.3 is 5.97 Å². The highest BCUT2D eigenvalue weighted by Gasteiger charge is 2.61. The molecule has 5 nitrogen and oxygen atoms in total. The number of anilines is 1. The fourth-order valence-corrected chi connectivity index (χ4v) is 6.75. The predicted molar refractivity (Wildman–Crippen MR) is 100 cm³/mol. The summed E-state index contributed by atoms with van der Waals surface area (Å²) in [6, 6.07) is 7.99. The number of nitrogens with zero attached hydrogens (tertiary/aromatic N) is 1. The van der Waals surface area contributed by atoms with Gasteiger partial charge in [-0.15, -0.1) is 0 Å². The van der Waals surface area contributed by atoms with Gasteiger partial charge in [0.05, 0.1) is 11.0 Å². The van der Waals surface area contributed by atoms with Crippen LogP contribution >= 0.6 is 0 Å². The highest BCUT2D eigenvalue weighted by Crippen LogP contribution is 2.62. The van der Waals surface area contributed by atoms with Crippen molar-refractivity contribution in [3.63, 3.8) is 0 Å². The zero-order valence-electron chi connectivity index (χ0n) is 15.8. The van der Waals surface area contributed by atoms with Crippen LogP contribution in [0.15, 0.2) is 24.3 Å². The molecule has 1 N–H and O–H groups in total. The van der Waals surface area contributed by atoms with E-state index in [9.17, 15) is 14.7 Å². The van der Waals surface area contributed by atoms with E-state index in [4.69, 9.17) is 4.74 Å². The Morgan fingerprint density at radius 2 is 1.89 bits per heavy atom. The van der Waals surface area contributed by atoms with Crippen LogP contribution < -0.4 is 4.90 Å². The Balaban J connectivity index is 1.28. The minimum absolute atomic E-state index is 0.0777. The first-order valence-corrected chi connectivity index (χ1v) is 10.2. The van der Waals surface area contributed by atoms with E-state index in [2.05, 4.69) is 0 Å². The maximum atomic E-state index is 13.0. The molecule has 1 amide bonds. The van der Waals surface area contributed by atoms with Crippen molar-refractivity contribution in [2.45, 2.75) is 63.5 Å². The number of para-hydroxylation sites is 1. The molecule has 144 valence electrons. The molecule has 1 aliphatic heterocycles. The topological polar surface area (TPSA) is 66.8 Å². The SMILES string of the molecule is C[C@@H]1Cc2ccccc2N1C(=O)COC(=O)C12C[C@@H]3C[C@@H](CC(O)(C3)C1)C2. The number of benzene rings is 1. The van der Waals surface area contributed by atoms with E-state index in [0.717, 1.165) is 49.8 Å². The molecule has 4 saturated carbocycles. The standard InChI is InChI=1S/C22H27NO4/c1-14-6-17-4-2-3-5-18(17)23(14)19(24)12-27-20(25)21-8-15-7-16(9-21)11-22(26,10-15)13-21/h2-5,14-16,26H,6-13H2,1H3/t14-,15-,16+,21?,22?/m1/s1. The highest BCUT2D eigenvalue weighted by molar-refractivity contribution is 5.98. The van der Waals surface area contributed by atoms with Gasteiger partial charge in [-0.2, -0.15) is 0 Å². The third kappa shape index (κ3) is 2.70. The van der Waals surface area contributed by atoms with E-state index < -0.39 is 11.0 Å². The number of ether oxygens (including phenoxy) is 1. The van der Waals surface area contributed by atoms with Gasteiger partial charge in [0.2, 0.25) is 0 Å². The summed E-state index contributed by atoms with van der Waals surface area (Å²) >= 11 is 0. The Morgan fingerprint density at radius 3 is 2.59 bits per heavy atom. The van der Waals surface area contributed by atoms with Crippen LogP contribution in [0.4, 0.5) is 5.69 Å². The molecular weight excluding hydrogens is 342 g/mol. The number of carbonyl (C=O) groups is 2. The van der Waals surface area contributed by atoms with E-state index in [1.807, 2.05) is 31.2 Å². The summed E-state index contributed by atoms with van der Waals surface area (Å²) in [5, 5.41) is 10.8. The van der Waals surface area contributed by atoms with Crippen molar-refractivity contribution in [1.29, 1.82) is 0 Å². The van der Waals surface area contributed by atoms with Crippen LogP contribution in [0.5, 0.6) is 0 Å². The summed E-state index contributed by atoms with van der Waals surface area (Å²) in [6.07, 6.45) is 5.71. The number of aliphatic hydroxyl groups is 1. The van der Waals surface area contributed by atoms with Crippen molar-refractivity contribution in [3.8, 4) is 0 Å². The van der Waals surface area contributed by atoms with Crippen LogP contribution in [-0.4, -0.2) is 35.2 Å². The third-order valence-corrected chi connectivity index (χ3v) is 7.27. The first-order chi connectivity index (χ1) is 12.9. The number of fused-ring (bicyclic) bond motifs is 1. The lowest BCUT2D eigenvalue weighted by Crippen LogP contribution is -2.58. The van der Waals surface area contributed by atoms with Crippen molar-refractivity contribution in [2.75, 3.05) is 11.5 Å². The summed E-state index contributed by atoms with van der Waals surface area (Å²) in [6.45, 7) is 1.81. The second-order valence-corrected chi connectivity index (χ2v) is 9.49. The molecule has 1 heterocycles. The van der Waals surface area contributed by atoms with Crippen LogP contribution in [0.2, 0.25) is 0 Å². The van der Waals surface area contributed by atoms with Crippen molar-refractivity contribution in [1.82, 2.24) is 0 Å². The molecule has 0 aromatic heterocycles. The summed E-state index contributed by atoms with van der Waals surface area (Å²) in [5.74, 6) is 0.405. The molecule has 2 unspecified atom stereocenters. The molecule has 5 atom stereocenters. The molecule has 6 rings (SSSR count). The second kappa shape index (κ2) is 5.81. The highest BCUT2D eigenvalue weighted by atomic mass is 16.5. The van der Waals surface area contributed by atoms with Crippen LogP contribution in [0, 0.1) is 17.3 Å². The Kier molecular flexibility index (Phi) is 3.71. The number of hydrogen-bond acceptors (Lipinski definition) is 4. The summed E-state index contributed by atoms with van der Waals surface area (Å²) in [5.41, 5.74) is 0.812. The van der Waals surface area contributed by atoms with Crippen molar-refractivity contribution in [3.05, 3.63) is 29.8 Å². The van der Waals surface area contributed by atoms with E-state index >= 15 is 0 Å². The third-order valence-electron chi connectivity index (χ3n) is 7.27. The molecule has 27 heavy (non-hydrogen) atoms. The van der Waals surface area contributed by atoms with Crippen LogP contribution in [0.25, 0.3) is 0 Å². The van der Waals surface area contributed by atoms with Gasteiger partial charge in [-0.25, -0.2) is 0 Å². The Hall–Kier alpha value is -1.88. The van der Waals surface area contributed by atoms with Crippen LogP contribution in [0.3, 0.4) is 0 Å². The Labute approximate surface area is 159 Å². The van der Waals surface area contributed by atoms with Gasteiger partial charge in [-0.05, 0) is 75.3 Å². The first kappa shape index (κ1) is 17.2. The maximum absolute atomic E-state index is 13.0. The van der Waals surface area contributed by atoms with Gasteiger partial charge in [0, 0.05) is 11.7 Å².